The number of rotatable bonds is 4. The first kappa shape index (κ1) is 21.3. The second-order valence-corrected chi connectivity index (χ2v) is 7.54. The first-order valence-electron chi connectivity index (χ1n) is 9.37. The SMILES string of the molecule is COc1ccc2cc(NC(=O)[C@@]3(N)C[C@]4(O)[C@@H](C=C[C@@H](O)[C@@H]4O)O3)c(=O)oc2c1OC. The van der Waals surface area contributed by atoms with Crippen LogP contribution >= 0.6 is 0 Å². The lowest BCUT2D eigenvalue weighted by atomic mass is 9.80. The number of hydrogen-bond acceptors (Lipinski definition) is 10. The van der Waals surface area contributed by atoms with Crippen LogP contribution < -0.4 is 26.1 Å². The lowest BCUT2D eigenvalue weighted by molar-refractivity contribution is -0.146. The Labute approximate surface area is 175 Å². The maximum atomic E-state index is 12.9. The van der Waals surface area contributed by atoms with E-state index in [9.17, 15) is 24.9 Å². The van der Waals surface area contributed by atoms with Gasteiger partial charge in [-0.2, -0.15) is 0 Å². The van der Waals surface area contributed by atoms with E-state index >= 15 is 0 Å². The molecule has 11 heteroatoms. The summed E-state index contributed by atoms with van der Waals surface area (Å²) in [5.74, 6) is -0.354. The second kappa shape index (κ2) is 7.32. The van der Waals surface area contributed by atoms with Crippen molar-refractivity contribution < 1.29 is 38.7 Å². The minimum Gasteiger partial charge on any atom is -0.493 e. The van der Waals surface area contributed by atoms with E-state index in [4.69, 9.17) is 24.4 Å². The molecule has 166 valence electrons. The Morgan fingerprint density at radius 2 is 2.00 bits per heavy atom. The number of aliphatic hydroxyl groups is 3. The molecule has 2 heterocycles. The monoisotopic (exact) mass is 434 g/mol. The van der Waals surface area contributed by atoms with Crippen LogP contribution in [-0.2, 0) is 9.53 Å². The molecule has 1 aromatic heterocycles. The molecule has 0 spiro atoms. The van der Waals surface area contributed by atoms with Gasteiger partial charge in [-0.1, -0.05) is 12.2 Å². The van der Waals surface area contributed by atoms with E-state index in [0.29, 0.717) is 11.1 Å². The van der Waals surface area contributed by atoms with Crippen molar-refractivity contribution in [2.75, 3.05) is 19.5 Å². The van der Waals surface area contributed by atoms with Crippen molar-refractivity contribution in [3.05, 3.63) is 40.8 Å². The Balaban J connectivity index is 1.64. The van der Waals surface area contributed by atoms with Gasteiger partial charge in [0.25, 0.3) is 5.91 Å². The molecule has 0 unspecified atom stereocenters. The first-order valence-corrected chi connectivity index (χ1v) is 9.37. The zero-order chi connectivity index (χ0) is 22.6. The summed E-state index contributed by atoms with van der Waals surface area (Å²) in [5.41, 5.74) is 1.05. The standard InChI is InChI=1S/C20H22N2O9/c1-28-12-5-3-9-7-10(17(25)30-14(9)15(12)29-2)22-18(26)20(21)8-19(27)13(31-20)6-4-11(23)16(19)24/h3-7,11,13,16,23-24,27H,8,21H2,1-2H3,(H,22,26)/t11-,13-,16+,19+,20-/m1/s1. The highest BCUT2D eigenvalue weighted by atomic mass is 16.6. The van der Waals surface area contributed by atoms with Gasteiger partial charge >= 0.3 is 5.63 Å². The van der Waals surface area contributed by atoms with Gasteiger partial charge in [0.15, 0.2) is 11.3 Å². The van der Waals surface area contributed by atoms with Crippen LogP contribution in [-0.4, -0.2) is 65.1 Å². The summed E-state index contributed by atoms with van der Waals surface area (Å²) in [5, 5.41) is 33.5. The van der Waals surface area contributed by atoms with Gasteiger partial charge in [0.2, 0.25) is 11.5 Å². The van der Waals surface area contributed by atoms with Crippen LogP contribution in [0.2, 0.25) is 0 Å². The van der Waals surface area contributed by atoms with Crippen molar-refractivity contribution in [2.45, 2.75) is 36.1 Å². The molecule has 1 fully saturated rings. The Kier molecular flexibility index (Phi) is 5.03. The van der Waals surface area contributed by atoms with Gasteiger partial charge in [-0.25, -0.2) is 4.79 Å². The second-order valence-electron chi connectivity index (χ2n) is 7.54. The molecule has 5 atom stereocenters. The highest BCUT2D eigenvalue weighted by Crippen LogP contribution is 2.42. The summed E-state index contributed by atoms with van der Waals surface area (Å²) in [4.78, 5) is 25.3. The number of fused-ring (bicyclic) bond motifs is 2. The molecule has 31 heavy (non-hydrogen) atoms. The number of anilines is 1. The van der Waals surface area contributed by atoms with Crippen LogP contribution in [0.1, 0.15) is 6.42 Å². The van der Waals surface area contributed by atoms with E-state index in [2.05, 4.69) is 5.32 Å². The van der Waals surface area contributed by atoms with Crippen LogP contribution in [0.15, 0.2) is 39.6 Å². The average Bonchev–Trinajstić information content (AvgIpc) is 3.03. The number of nitrogens with two attached hydrogens (primary N) is 1. The molecule has 1 saturated heterocycles. The number of carbonyl (C=O) groups excluding carboxylic acids is 1. The molecule has 4 rings (SSSR count). The van der Waals surface area contributed by atoms with Crippen molar-refractivity contribution in [2.24, 2.45) is 5.73 Å². The van der Waals surface area contributed by atoms with Crippen LogP contribution in [0.5, 0.6) is 11.5 Å². The van der Waals surface area contributed by atoms with Gasteiger partial charge in [-0.15, -0.1) is 0 Å². The van der Waals surface area contributed by atoms with Gasteiger partial charge in [-0.3, -0.25) is 10.5 Å². The quantitative estimate of drug-likeness (QED) is 0.303. The highest BCUT2D eigenvalue weighted by molar-refractivity contribution is 5.98. The fourth-order valence-electron chi connectivity index (χ4n) is 3.93. The van der Waals surface area contributed by atoms with Gasteiger partial charge in [-0.05, 0) is 18.2 Å². The van der Waals surface area contributed by atoms with Gasteiger partial charge < -0.3 is 39.3 Å². The van der Waals surface area contributed by atoms with Crippen LogP contribution in [0.3, 0.4) is 0 Å². The summed E-state index contributed by atoms with van der Waals surface area (Å²) >= 11 is 0. The lowest BCUT2D eigenvalue weighted by Crippen LogP contribution is -2.57. The number of ether oxygens (including phenoxy) is 3. The summed E-state index contributed by atoms with van der Waals surface area (Å²) in [6.07, 6.45) is -2.01. The molecule has 1 aliphatic carbocycles. The fraction of sp³-hybridized carbons (Fsp3) is 0.400. The van der Waals surface area contributed by atoms with Crippen molar-refractivity contribution in [3.8, 4) is 11.5 Å². The molecule has 11 nitrogen and oxygen atoms in total. The third-order valence-electron chi connectivity index (χ3n) is 5.57. The molecule has 0 radical (unpaired) electrons. The summed E-state index contributed by atoms with van der Waals surface area (Å²) in [7, 11) is 2.84. The van der Waals surface area contributed by atoms with Crippen LogP contribution in [0, 0.1) is 0 Å². The number of hydrogen-bond donors (Lipinski definition) is 5. The van der Waals surface area contributed by atoms with Gasteiger partial charge in [0.05, 0.1) is 14.2 Å². The molecule has 0 bridgehead atoms. The largest absolute Gasteiger partial charge is 0.493 e. The van der Waals surface area contributed by atoms with E-state index in [0.717, 1.165) is 0 Å². The number of methoxy groups -OCH3 is 2. The van der Waals surface area contributed by atoms with Gasteiger partial charge in [0.1, 0.15) is 29.6 Å². The van der Waals surface area contributed by atoms with E-state index in [1.807, 2.05) is 0 Å². The number of amides is 1. The molecule has 1 amide bonds. The number of nitrogens with one attached hydrogen (secondary N) is 1. The fourth-order valence-corrected chi connectivity index (χ4v) is 3.93. The smallest absolute Gasteiger partial charge is 0.360 e. The maximum Gasteiger partial charge on any atom is 0.360 e. The first-order chi connectivity index (χ1) is 14.6. The van der Waals surface area contributed by atoms with Crippen molar-refractivity contribution in [3.63, 3.8) is 0 Å². The minimum atomic E-state index is -2.08. The molecule has 1 aliphatic heterocycles. The molecule has 1 aromatic carbocycles. The Morgan fingerprint density at radius 3 is 2.68 bits per heavy atom. The zero-order valence-electron chi connectivity index (χ0n) is 16.7. The third-order valence-corrected chi connectivity index (χ3v) is 5.57. The average molecular weight is 434 g/mol. The van der Waals surface area contributed by atoms with Gasteiger partial charge in [0, 0.05) is 11.8 Å². The summed E-state index contributed by atoms with van der Waals surface area (Å²) < 4.78 is 21.2. The predicted molar refractivity (Wildman–Crippen MR) is 107 cm³/mol. The van der Waals surface area contributed by atoms with E-state index < -0.39 is 47.6 Å². The van der Waals surface area contributed by atoms with E-state index in [-0.39, 0.29) is 17.0 Å². The molecule has 2 aliphatic rings. The lowest BCUT2D eigenvalue weighted by Gasteiger charge is -2.36. The van der Waals surface area contributed by atoms with Crippen LogP contribution in [0.4, 0.5) is 5.69 Å². The Bertz CT molecular complexity index is 1130. The molecule has 2 aromatic rings. The molecule has 0 saturated carbocycles. The highest BCUT2D eigenvalue weighted by Gasteiger charge is 2.62. The van der Waals surface area contributed by atoms with E-state index in [1.54, 1.807) is 12.1 Å². The minimum absolute atomic E-state index is 0.131. The van der Waals surface area contributed by atoms with Crippen molar-refractivity contribution in [1.29, 1.82) is 0 Å². The normalized spacial score (nSPS) is 32.0. The van der Waals surface area contributed by atoms with E-state index in [1.165, 1.54) is 32.4 Å². The molecular weight excluding hydrogens is 412 g/mol. The van der Waals surface area contributed by atoms with Crippen LogP contribution in [0.25, 0.3) is 11.0 Å². The predicted octanol–water partition coefficient (Wildman–Crippen LogP) is -0.785. The third kappa shape index (κ3) is 3.27. The van der Waals surface area contributed by atoms with Crippen molar-refractivity contribution >= 4 is 22.6 Å². The topological polar surface area (TPSA) is 174 Å². The molecule has 6 N–H and O–H groups in total. The summed E-state index contributed by atoms with van der Waals surface area (Å²) in [6.45, 7) is 0. The Morgan fingerprint density at radius 1 is 1.26 bits per heavy atom. The maximum absolute atomic E-state index is 12.9. The number of benzene rings is 1. The summed E-state index contributed by atoms with van der Waals surface area (Å²) in [6, 6.07) is 4.59. The number of aliphatic hydroxyl groups excluding tert-OH is 2. The van der Waals surface area contributed by atoms with Crippen molar-refractivity contribution in [1.82, 2.24) is 0 Å². The Hall–Kier alpha value is -2.96. The molecular formula is C20H22N2O9. The zero-order valence-corrected chi connectivity index (χ0v) is 16.7. The number of carbonyl (C=O) groups is 1.